The largest absolute Gasteiger partial charge is 0.473 e. The van der Waals surface area contributed by atoms with Crippen molar-refractivity contribution in [1.29, 1.82) is 0 Å². The minimum atomic E-state index is -5.01. The molecule has 17 heavy (non-hydrogen) atoms. The van der Waals surface area contributed by atoms with Gasteiger partial charge in [0.1, 0.15) is 0 Å². The normalized spacial score (nSPS) is 12.6. The third-order valence-electron chi connectivity index (χ3n) is 1.73. The molecule has 0 bridgehead atoms. The topological polar surface area (TPSA) is 54.7 Å². The van der Waals surface area contributed by atoms with Crippen LogP contribution >= 0.6 is 11.3 Å². The van der Waals surface area contributed by atoms with Gasteiger partial charge in [0.05, 0.1) is 0 Å². The van der Waals surface area contributed by atoms with Gasteiger partial charge in [-0.3, -0.25) is 14.6 Å². The fourth-order valence-electron chi connectivity index (χ4n) is 0.968. The standard InChI is InChI=1S/C8H8F3N3O2S/c1-2-13(5-15)14-3-4-17-7(14)12-6(16)8(9,10)11/h3-5H,2H2,1H3. The molecule has 0 fully saturated rings. The molecular weight excluding hydrogens is 259 g/mol. The highest BCUT2D eigenvalue weighted by molar-refractivity contribution is 7.07. The summed E-state index contributed by atoms with van der Waals surface area (Å²) in [5.41, 5.74) is 0. The van der Waals surface area contributed by atoms with Crippen LogP contribution in [0.15, 0.2) is 16.6 Å². The summed E-state index contributed by atoms with van der Waals surface area (Å²) in [7, 11) is 0. The van der Waals surface area contributed by atoms with E-state index in [1.165, 1.54) is 11.6 Å². The molecule has 5 nitrogen and oxygen atoms in total. The average molecular weight is 267 g/mol. The summed E-state index contributed by atoms with van der Waals surface area (Å²) in [6.45, 7) is 1.88. The Kier molecular flexibility index (Phi) is 4.05. The van der Waals surface area contributed by atoms with Crippen LogP contribution in [0.3, 0.4) is 0 Å². The van der Waals surface area contributed by atoms with Crippen molar-refractivity contribution in [2.75, 3.05) is 11.6 Å². The van der Waals surface area contributed by atoms with Gasteiger partial charge in [0.25, 0.3) is 0 Å². The zero-order valence-corrected chi connectivity index (χ0v) is 9.46. The van der Waals surface area contributed by atoms with E-state index in [-0.39, 0.29) is 11.3 Å². The SMILES string of the molecule is CCN(C=O)n1ccsc1=NC(=O)C(F)(F)F. The molecular formula is C8H8F3N3O2S. The summed E-state index contributed by atoms with van der Waals surface area (Å²) in [6, 6.07) is 0. The summed E-state index contributed by atoms with van der Waals surface area (Å²) in [5.74, 6) is -2.20. The maximum atomic E-state index is 12.0. The molecule has 0 radical (unpaired) electrons. The Morgan fingerprint density at radius 1 is 1.65 bits per heavy atom. The second-order valence-electron chi connectivity index (χ2n) is 2.81. The Bertz CT molecular complexity index is 477. The second-order valence-corrected chi connectivity index (χ2v) is 3.68. The number of rotatable bonds is 3. The van der Waals surface area contributed by atoms with E-state index in [0.717, 1.165) is 21.0 Å². The van der Waals surface area contributed by atoms with E-state index in [0.29, 0.717) is 6.41 Å². The predicted molar refractivity (Wildman–Crippen MR) is 53.8 cm³/mol. The van der Waals surface area contributed by atoms with Gasteiger partial charge in [-0.25, -0.2) is 4.68 Å². The quantitative estimate of drug-likeness (QED) is 0.755. The predicted octanol–water partition coefficient (Wildman–Crippen LogP) is 0.653. The first-order chi connectivity index (χ1) is 7.90. The van der Waals surface area contributed by atoms with Crippen molar-refractivity contribution in [3.05, 3.63) is 16.4 Å². The van der Waals surface area contributed by atoms with Gasteiger partial charge in [-0.2, -0.15) is 18.2 Å². The number of alkyl halides is 3. The Morgan fingerprint density at radius 3 is 2.76 bits per heavy atom. The van der Waals surface area contributed by atoms with Gasteiger partial charge in [-0.15, -0.1) is 11.3 Å². The number of halogens is 3. The van der Waals surface area contributed by atoms with Crippen LogP contribution in [-0.4, -0.2) is 29.7 Å². The lowest BCUT2D eigenvalue weighted by Crippen LogP contribution is -2.39. The molecule has 2 amide bonds. The number of nitrogens with zero attached hydrogens (tertiary/aromatic N) is 3. The molecule has 1 aromatic heterocycles. The Morgan fingerprint density at radius 2 is 2.29 bits per heavy atom. The molecule has 1 heterocycles. The van der Waals surface area contributed by atoms with Crippen molar-refractivity contribution in [1.82, 2.24) is 4.68 Å². The van der Waals surface area contributed by atoms with Crippen LogP contribution in [0.25, 0.3) is 0 Å². The molecule has 94 valence electrons. The summed E-state index contributed by atoms with van der Waals surface area (Å²) in [5, 5.41) is 2.51. The van der Waals surface area contributed by atoms with E-state index in [1.807, 2.05) is 0 Å². The average Bonchev–Trinajstić information content (AvgIpc) is 2.67. The first-order valence-electron chi connectivity index (χ1n) is 4.44. The number of carbonyl (C=O) groups is 2. The number of carbonyl (C=O) groups excluding carboxylic acids is 2. The van der Waals surface area contributed by atoms with E-state index in [4.69, 9.17) is 0 Å². The smallest absolute Gasteiger partial charge is 0.277 e. The molecule has 0 saturated heterocycles. The number of aromatic nitrogens is 1. The summed E-state index contributed by atoms with van der Waals surface area (Å²) in [4.78, 5) is 24.0. The van der Waals surface area contributed by atoms with E-state index in [1.54, 1.807) is 6.92 Å². The first-order valence-corrected chi connectivity index (χ1v) is 5.32. The zero-order valence-electron chi connectivity index (χ0n) is 8.64. The number of amides is 2. The fourth-order valence-corrected chi connectivity index (χ4v) is 1.67. The van der Waals surface area contributed by atoms with Gasteiger partial charge >= 0.3 is 12.1 Å². The number of thiazole rings is 1. The van der Waals surface area contributed by atoms with Gasteiger partial charge in [0, 0.05) is 18.1 Å². The highest BCUT2D eigenvalue weighted by Gasteiger charge is 2.38. The van der Waals surface area contributed by atoms with Crippen molar-refractivity contribution in [2.45, 2.75) is 13.1 Å². The number of hydrogen-bond acceptors (Lipinski definition) is 3. The Balaban J connectivity index is 3.16. The van der Waals surface area contributed by atoms with Crippen molar-refractivity contribution in [2.24, 2.45) is 4.99 Å². The van der Waals surface area contributed by atoms with Crippen LogP contribution in [0.4, 0.5) is 13.2 Å². The van der Waals surface area contributed by atoms with E-state index in [9.17, 15) is 22.8 Å². The molecule has 0 saturated carbocycles. The summed E-state index contributed by atoms with van der Waals surface area (Å²) >= 11 is 0.828. The van der Waals surface area contributed by atoms with Crippen LogP contribution in [-0.2, 0) is 9.59 Å². The first kappa shape index (κ1) is 13.4. The molecule has 0 N–H and O–H groups in total. The van der Waals surface area contributed by atoms with E-state index < -0.39 is 12.1 Å². The fraction of sp³-hybridized carbons (Fsp3) is 0.375. The van der Waals surface area contributed by atoms with E-state index in [2.05, 4.69) is 4.99 Å². The highest BCUT2D eigenvalue weighted by Crippen LogP contribution is 2.15. The lowest BCUT2D eigenvalue weighted by atomic mass is 10.6. The molecule has 1 rings (SSSR count). The van der Waals surface area contributed by atoms with Crippen LogP contribution < -0.4 is 9.81 Å². The van der Waals surface area contributed by atoms with Crippen LogP contribution in [0, 0.1) is 0 Å². The molecule has 0 spiro atoms. The maximum Gasteiger partial charge on any atom is 0.473 e. The van der Waals surface area contributed by atoms with Crippen LogP contribution in [0.5, 0.6) is 0 Å². The molecule has 0 aromatic carbocycles. The Labute approximate surface area is 97.8 Å². The van der Waals surface area contributed by atoms with Gasteiger partial charge in [-0.1, -0.05) is 0 Å². The van der Waals surface area contributed by atoms with Gasteiger partial charge in [0.2, 0.25) is 11.2 Å². The third-order valence-corrected chi connectivity index (χ3v) is 2.48. The Hall–Kier alpha value is -1.64. The molecule has 0 aliphatic heterocycles. The van der Waals surface area contributed by atoms with E-state index >= 15 is 0 Å². The van der Waals surface area contributed by atoms with Crippen molar-refractivity contribution in [3.8, 4) is 0 Å². The molecule has 0 aliphatic rings. The lowest BCUT2D eigenvalue weighted by Gasteiger charge is -2.15. The van der Waals surface area contributed by atoms with Crippen LogP contribution in [0.1, 0.15) is 6.92 Å². The summed E-state index contributed by atoms with van der Waals surface area (Å²) in [6.07, 6.45) is -3.23. The van der Waals surface area contributed by atoms with Crippen molar-refractivity contribution < 1.29 is 22.8 Å². The van der Waals surface area contributed by atoms with Gasteiger partial charge < -0.3 is 0 Å². The van der Waals surface area contributed by atoms with Crippen LogP contribution in [0.2, 0.25) is 0 Å². The molecule has 0 unspecified atom stereocenters. The minimum absolute atomic E-state index is 0.207. The summed E-state index contributed by atoms with van der Waals surface area (Å²) < 4.78 is 37.1. The van der Waals surface area contributed by atoms with Crippen molar-refractivity contribution in [3.63, 3.8) is 0 Å². The monoisotopic (exact) mass is 267 g/mol. The molecule has 1 aromatic rings. The minimum Gasteiger partial charge on any atom is -0.277 e. The van der Waals surface area contributed by atoms with Gasteiger partial charge in [0.15, 0.2) is 0 Å². The second kappa shape index (κ2) is 5.13. The maximum absolute atomic E-state index is 12.0. The zero-order chi connectivity index (χ0) is 13.1. The molecule has 0 atom stereocenters. The van der Waals surface area contributed by atoms with Gasteiger partial charge in [-0.05, 0) is 6.92 Å². The lowest BCUT2D eigenvalue weighted by molar-refractivity contribution is -0.169. The third kappa shape index (κ3) is 3.16. The van der Waals surface area contributed by atoms with Crippen molar-refractivity contribution >= 4 is 23.7 Å². The highest BCUT2D eigenvalue weighted by atomic mass is 32.1. The molecule has 0 aliphatic carbocycles. The molecule has 9 heteroatoms. The number of hydrogen-bond donors (Lipinski definition) is 0.